The molecule has 0 bridgehead atoms. The Kier molecular flexibility index (Phi) is 5.72. The number of aromatic nitrogens is 2. The van der Waals surface area contributed by atoms with Crippen molar-refractivity contribution >= 4 is 9.84 Å². The van der Waals surface area contributed by atoms with E-state index in [-0.39, 0.29) is 23.5 Å². The largest absolute Gasteiger partial charge is 0.383 e. The molecule has 2 unspecified atom stereocenters. The molecule has 1 aromatic rings. The number of nitrogens with zero attached hydrogens (tertiary/aromatic N) is 2. The van der Waals surface area contributed by atoms with Crippen LogP contribution in [0.1, 0.15) is 37.4 Å². The van der Waals surface area contributed by atoms with E-state index in [4.69, 9.17) is 9.26 Å². The van der Waals surface area contributed by atoms with Crippen LogP contribution in [-0.4, -0.2) is 56.4 Å². The van der Waals surface area contributed by atoms with Gasteiger partial charge in [0, 0.05) is 25.5 Å². The molecule has 7 nitrogen and oxygen atoms in total. The normalized spacial score (nSPS) is 22.5. The van der Waals surface area contributed by atoms with Crippen LogP contribution < -0.4 is 5.32 Å². The third-order valence-electron chi connectivity index (χ3n) is 3.55. The molecule has 0 aromatic carbocycles. The van der Waals surface area contributed by atoms with Gasteiger partial charge in [0.1, 0.15) is 0 Å². The second-order valence-electron chi connectivity index (χ2n) is 5.46. The molecule has 1 saturated heterocycles. The molecule has 1 N–H and O–H groups in total. The van der Waals surface area contributed by atoms with Gasteiger partial charge in [0.05, 0.1) is 18.1 Å². The van der Waals surface area contributed by atoms with E-state index in [2.05, 4.69) is 22.4 Å². The van der Waals surface area contributed by atoms with Crippen LogP contribution in [0.25, 0.3) is 0 Å². The number of hydrogen-bond donors (Lipinski definition) is 1. The molecule has 2 rings (SSSR count). The van der Waals surface area contributed by atoms with Gasteiger partial charge in [0.15, 0.2) is 15.7 Å². The summed E-state index contributed by atoms with van der Waals surface area (Å²) in [7, 11) is -1.28. The molecule has 21 heavy (non-hydrogen) atoms. The van der Waals surface area contributed by atoms with Crippen LogP contribution in [0.4, 0.5) is 0 Å². The molecule has 1 aliphatic heterocycles. The molecule has 0 amide bonds. The van der Waals surface area contributed by atoms with E-state index < -0.39 is 9.84 Å². The van der Waals surface area contributed by atoms with E-state index in [9.17, 15) is 8.42 Å². The van der Waals surface area contributed by atoms with E-state index in [0.717, 1.165) is 13.0 Å². The summed E-state index contributed by atoms with van der Waals surface area (Å²) in [5, 5.41) is 7.30. The molecule has 0 spiro atoms. The summed E-state index contributed by atoms with van der Waals surface area (Å²) in [5.74, 6) is 1.25. The van der Waals surface area contributed by atoms with Crippen LogP contribution in [0.2, 0.25) is 0 Å². The van der Waals surface area contributed by atoms with Crippen LogP contribution in [0, 0.1) is 0 Å². The van der Waals surface area contributed by atoms with Crippen LogP contribution >= 0.6 is 0 Å². The highest BCUT2D eigenvalue weighted by atomic mass is 32.2. The average Bonchev–Trinajstić information content (AvgIpc) is 3.02. The van der Waals surface area contributed by atoms with Gasteiger partial charge >= 0.3 is 0 Å². The smallest absolute Gasteiger partial charge is 0.228 e. The monoisotopic (exact) mass is 317 g/mol. The first-order valence-corrected chi connectivity index (χ1v) is 9.11. The summed E-state index contributed by atoms with van der Waals surface area (Å²) in [6, 6.07) is 0.121. The Labute approximate surface area is 125 Å². The van der Waals surface area contributed by atoms with Gasteiger partial charge < -0.3 is 14.6 Å². The first kappa shape index (κ1) is 16.4. The molecule has 0 radical (unpaired) electrons. The molecule has 2 heterocycles. The number of rotatable bonds is 8. The summed E-state index contributed by atoms with van der Waals surface area (Å²) in [4.78, 5) is 4.35. The Hall–Kier alpha value is -0.990. The molecular formula is C13H23N3O4S. The van der Waals surface area contributed by atoms with Crippen molar-refractivity contribution in [1.29, 1.82) is 0 Å². The zero-order chi connectivity index (χ0) is 15.3. The highest BCUT2D eigenvalue weighted by Crippen LogP contribution is 2.26. The first-order chi connectivity index (χ1) is 10.0. The minimum absolute atomic E-state index is 0.121. The summed E-state index contributed by atoms with van der Waals surface area (Å²) < 4.78 is 33.4. The summed E-state index contributed by atoms with van der Waals surface area (Å²) in [5.41, 5.74) is 0. The predicted molar refractivity (Wildman–Crippen MR) is 78.0 cm³/mol. The second-order valence-corrected chi connectivity index (χ2v) is 7.69. The number of methoxy groups -OCH3 is 1. The van der Waals surface area contributed by atoms with Crippen molar-refractivity contribution in [2.45, 2.75) is 38.1 Å². The van der Waals surface area contributed by atoms with Gasteiger partial charge in [-0.3, -0.25) is 0 Å². The number of sulfone groups is 1. The maximum atomic E-state index is 11.5. The van der Waals surface area contributed by atoms with E-state index in [1.165, 1.54) is 0 Å². The molecule has 8 heteroatoms. The maximum absolute atomic E-state index is 11.5. The van der Waals surface area contributed by atoms with Gasteiger partial charge in [-0.1, -0.05) is 12.1 Å². The second kappa shape index (κ2) is 7.33. The highest BCUT2D eigenvalue weighted by Gasteiger charge is 2.32. The summed E-state index contributed by atoms with van der Waals surface area (Å²) in [6.07, 6.45) is 2.20. The summed E-state index contributed by atoms with van der Waals surface area (Å²) >= 11 is 0. The van der Waals surface area contributed by atoms with Crippen molar-refractivity contribution < 1.29 is 17.7 Å². The fourth-order valence-electron chi connectivity index (χ4n) is 2.47. The van der Waals surface area contributed by atoms with Crippen LogP contribution in [0.3, 0.4) is 0 Å². The van der Waals surface area contributed by atoms with Crippen molar-refractivity contribution in [1.82, 2.24) is 15.5 Å². The fraction of sp³-hybridized carbons (Fsp3) is 0.846. The molecule has 120 valence electrons. The molecule has 2 atom stereocenters. The van der Waals surface area contributed by atoms with Crippen molar-refractivity contribution in [3.8, 4) is 0 Å². The zero-order valence-electron chi connectivity index (χ0n) is 12.5. The number of hydrogen-bond acceptors (Lipinski definition) is 7. The third kappa shape index (κ3) is 4.76. The van der Waals surface area contributed by atoms with E-state index in [1.807, 2.05) is 0 Å². The van der Waals surface area contributed by atoms with Gasteiger partial charge in [-0.15, -0.1) is 0 Å². The van der Waals surface area contributed by atoms with Gasteiger partial charge in [-0.2, -0.15) is 4.98 Å². The predicted octanol–water partition coefficient (Wildman–Crippen LogP) is 0.529. The average molecular weight is 317 g/mol. The number of nitrogens with one attached hydrogen (secondary N) is 1. The van der Waals surface area contributed by atoms with Gasteiger partial charge in [-0.05, 0) is 19.4 Å². The Balaban J connectivity index is 1.95. The van der Waals surface area contributed by atoms with Crippen molar-refractivity contribution in [3.63, 3.8) is 0 Å². The van der Waals surface area contributed by atoms with Crippen molar-refractivity contribution in [2.24, 2.45) is 0 Å². The molecular weight excluding hydrogens is 294 g/mol. The molecule has 1 fully saturated rings. The van der Waals surface area contributed by atoms with Crippen molar-refractivity contribution in [2.75, 3.05) is 31.8 Å². The topological polar surface area (TPSA) is 94.3 Å². The minimum Gasteiger partial charge on any atom is -0.383 e. The Morgan fingerprint density at radius 1 is 1.52 bits per heavy atom. The van der Waals surface area contributed by atoms with Crippen LogP contribution in [0.5, 0.6) is 0 Å². The van der Waals surface area contributed by atoms with E-state index in [1.54, 1.807) is 7.11 Å². The minimum atomic E-state index is -2.93. The first-order valence-electron chi connectivity index (χ1n) is 7.29. The lowest BCUT2D eigenvalue weighted by Gasteiger charge is -2.15. The molecule has 1 aromatic heterocycles. The molecule has 1 aliphatic rings. The lowest BCUT2D eigenvalue weighted by atomic mass is 10.1. The quantitative estimate of drug-likeness (QED) is 0.747. The maximum Gasteiger partial charge on any atom is 0.228 e. The fourth-order valence-corrected chi connectivity index (χ4v) is 4.20. The Morgan fingerprint density at radius 2 is 2.33 bits per heavy atom. The lowest BCUT2D eigenvalue weighted by molar-refractivity contribution is 0.161. The SMILES string of the molecule is CCCNC(COC)Cc1nc(C2CCS(=O)(=O)C2)no1. The Bertz CT molecular complexity index is 543. The van der Waals surface area contributed by atoms with Crippen LogP contribution in [-0.2, 0) is 21.0 Å². The standard InChI is InChI=1S/C13H23N3O4S/c1-3-5-14-11(8-19-2)7-12-15-13(16-20-12)10-4-6-21(17,18)9-10/h10-11,14H,3-9H2,1-2H3. The third-order valence-corrected chi connectivity index (χ3v) is 5.32. The molecule has 0 aliphatic carbocycles. The van der Waals surface area contributed by atoms with Crippen molar-refractivity contribution in [3.05, 3.63) is 11.7 Å². The molecule has 0 saturated carbocycles. The van der Waals surface area contributed by atoms with Gasteiger partial charge in [0.25, 0.3) is 0 Å². The summed E-state index contributed by atoms with van der Waals surface area (Å²) in [6.45, 7) is 3.56. The zero-order valence-corrected chi connectivity index (χ0v) is 13.4. The lowest BCUT2D eigenvalue weighted by Crippen LogP contribution is -2.35. The van der Waals surface area contributed by atoms with Gasteiger partial charge in [0.2, 0.25) is 5.89 Å². The highest BCUT2D eigenvalue weighted by molar-refractivity contribution is 7.91. The van der Waals surface area contributed by atoms with E-state index in [0.29, 0.717) is 31.2 Å². The van der Waals surface area contributed by atoms with Crippen LogP contribution in [0.15, 0.2) is 4.52 Å². The number of ether oxygens (including phenoxy) is 1. The Morgan fingerprint density at radius 3 is 2.95 bits per heavy atom. The van der Waals surface area contributed by atoms with E-state index >= 15 is 0 Å². The van der Waals surface area contributed by atoms with Gasteiger partial charge in [-0.25, -0.2) is 8.42 Å².